The van der Waals surface area contributed by atoms with Gasteiger partial charge in [0.2, 0.25) is 0 Å². The third-order valence-electron chi connectivity index (χ3n) is 2.53. The Labute approximate surface area is 161 Å². The summed E-state index contributed by atoms with van der Waals surface area (Å²) < 4.78 is 62.0. The fourth-order valence-corrected chi connectivity index (χ4v) is 25.9. The lowest BCUT2D eigenvalue weighted by molar-refractivity contribution is -0.0676. The molecule has 146 valence electrons. The lowest BCUT2D eigenvalue weighted by Crippen LogP contribution is -2.60. The van der Waals surface area contributed by atoms with Crippen molar-refractivity contribution in [1.82, 2.24) is 0 Å². The van der Waals surface area contributed by atoms with Crippen LogP contribution in [0.5, 0.6) is 0 Å². The number of hydrogen-bond donors (Lipinski definition) is 0. The molecule has 4 nitrogen and oxygen atoms in total. The van der Waals surface area contributed by atoms with Crippen LogP contribution in [-0.4, -0.2) is 46.0 Å². The molecule has 0 aliphatic carbocycles. The van der Waals surface area contributed by atoms with Gasteiger partial charge in [0.1, 0.15) is 0 Å². The first kappa shape index (κ1) is 25.6. The fourth-order valence-electron chi connectivity index (χ4n) is 2.20. The molecule has 0 bridgehead atoms. The van der Waals surface area contributed by atoms with E-state index >= 15 is 0 Å². The molecule has 0 unspecified atom stereocenters. The van der Waals surface area contributed by atoms with Crippen LogP contribution >= 0.6 is 33.2 Å². The van der Waals surface area contributed by atoms with Crippen LogP contribution in [0.15, 0.2) is 0 Å². The zero-order chi connectivity index (χ0) is 19.8. The van der Waals surface area contributed by atoms with Crippen molar-refractivity contribution >= 4 is 73.5 Å². The zero-order valence-electron chi connectivity index (χ0n) is 14.9. The molecule has 0 aliphatic rings. The average Bonchev–Trinajstić information content (AvgIpc) is 2.02. The Morgan fingerprint density at radius 3 is 1.17 bits per heavy atom. The maximum absolute atomic E-state index is 13.1. The van der Waals surface area contributed by atoms with Gasteiger partial charge in [-0.15, -0.1) is 0 Å². The minimum absolute atomic E-state index is 1.11. The van der Waals surface area contributed by atoms with Crippen LogP contribution in [-0.2, 0) is 16.5 Å². The van der Waals surface area contributed by atoms with Gasteiger partial charge in [0.05, 0.1) is 0 Å². The minimum Gasteiger partial charge on any atom is -0.430 e. The third-order valence-corrected chi connectivity index (χ3v) is 20.7. The van der Waals surface area contributed by atoms with Gasteiger partial charge < -0.3 is 16.5 Å². The van der Waals surface area contributed by atoms with Crippen LogP contribution in [0.2, 0.25) is 52.4 Å². The van der Waals surface area contributed by atoms with E-state index in [-0.39, 0.29) is 0 Å². The Morgan fingerprint density at radius 1 is 0.583 bits per heavy atom. The van der Waals surface area contributed by atoms with E-state index in [1.807, 2.05) is 0 Å². The van der Waals surface area contributed by atoms with E-state index in [4.69, 9.17) is 49.7 Å². The number of halogens is 6. The lowest BCUT2D eigenvalue weighted by Gasteiger charge is -2.41. The number of hydrogen-bond acceptors (Lipinski definition) is 4. The summed E-state index contributed by atoms with van der Waals surface area (Å²) in [6, 6.07) is 0. The molecule has 0 aromatic heterocycles. The van der Waals surface area contributed by atoms with Gasteiger partial charge >= 0.3 is 37.7 Å². The Kier molecular flexibility index (Phi) is 8.43. The molecular weight excluding hydrogens is 476 g/mol. The van der Waals surface area contributed by atoms with E-state index in [0.29, 0.717) is 0 Å². The highest BCUT2D eigenvalue weighted by Crippen LogP contribution is 2.34. The largest absolute Gasteiger partial charge is 0.485 e. The Bertz CT molecular complexity index is 443. The topological polar surface area (TPSA) is 36.9 Å². The predicted molar refractivity (Wildman–Crippen MR) is 104 cm³/mol. The maximum atomic E-state index is 13.1. The molecule has 0 rings (SSSR count). The molecule has 0 aromatic rings. The van der Waals surface area contributed by atoms with E-state index in [1.165, 1.54) is 0 Å². The van der Waals surface area contributed by atoms with Gasteiger partial charge in [-0.1, -0.05) is 33.2 Å². The van der Waals surface area contributed by atoms with Crippen molar-refractivity contribution in [3.63, 3.8) is 0 Å². The summed E-state index contributed by atoms with van der Waals surface area (Å²) in [4.78, 5) is 0. The molecule has 0 atom stereocenters. The number of alkyl halides is 3. The summed E-state index contributed by atoms with van der Waals surface area (Å²) in [6.45, 7) is 12.2. The molecular formula is C9H24Cl3F3O4Si5. The van der Waals surface area contributed by atoms with Crippen molar-refractivity contribution in [2.24, 2.45) is 0 Å². The van der Waals surface area contributed by atoms with Crippen LogP contribution in [0.4, 0.5) is 13.2 Å². The molecule has 0 amide bonds. The first-order valence-electron chi connectivity index (χ1n) is 7.02. The smallest absolute Gasteiger partial charge is 0.430 e. The van der Waals surface area contributed by atoms with Crippen molar-refractivity contribution in [3.05, 3.63) is 0 Å². The van der Waals surface area contributed by atoms with Crippen molar-refractivity contribution in [1.29, 1.82) is 0 Å². The summed E-state index contributed by atoms with van der Waals surface area (Å²) in [6.07, 6.45) is -3.36. The summed E-state index contributed by atoms with van der Waals surface area (Å²) >= 11 is 17.3. The second kappa shape index (κ2) is 7.91. The van der Waals surface area contributed by atoms with Gasteiger partial charge in [-0.2, -0.15) is 13.2 Å². The molecule has 0 saturated carbocycles. The van der Waals surface area contributed by atoms with E-state index in [2.05, 4.69) is 0 Å². The number of rotatable bonds is 8. The molecule has 0 aliphatic heterocycles. The van der Waals surface area contributed by atoms with Crippen LogP contribution in [0.1, 0.15) is 0 Å². The molecule has 0 heterocycles. The average molecular weight is 500 g/mol. The van der Waals surface area contributed by atoms with E-state index in [1.54, 1.807) is 39.3 Å². The monoisotopic (exact) mass is 498 g/mol. The van der Waals surface area contributed by atoms with Gasteiger partial charge in [-0.25, -0.2) is 0 Å². The Morgan fingerprint density at radius 2 is 0.875 bits per heavy atom. The molecule has 0 saturated heterocycles. The highest BCUT2D eigenvalue weighted by Gasteiger charge is 2.56. The highest BCUT2D eigenvalue weighted by atomic mass is 35.8. The van der Waals surface area contributed by atoms with Gasteiger partial charge in [0, 0.05) is 0 Å². The van der Waals surface area contributed by atoms with Gasteiger partial charge in [-0.3, -0.25) is 0 Å². The summed E-state index contributed by atoms with van der Waals surface area (Å²) in [5.41, 5.74) is 0. The summed E-state index contributed by atoms with van der Waals surface area (Å²) in [5, 5.41) is 0. The first-order valence-corrected chi connectivity index (χ1v) is 23.3. The van der Waals surface area contributed by atoms with E-state index in [9.17, 15) is 13.2 Å². The molecule has 0 aromatic carbocycles. The van der Waals surface area contributed by atoms with Crippen LogP contribution in [0.3, 0.4) is 0 Å². The fraction of sp³-hybridized carbons (Fsp3) is 1.00. The summed E-state index contributed by atoms with van der Waals surface area (Å²) in [5.74, 6) is -4.37. The van der Waals surface area contributed by atoms with Crippen molar-refractivity contribution < 1.29 is 29.6 Å². The van der Waals surface area contributed by atoms with Crippen LogP contribution < -0.4 is 0 Å². The molecule has 24 heavy (non-hydrogen) atoms. The van der Waals surface area contributed by atoms with Crippen molar-refractivity contribution in [2.75, 3.05) is 0 Å². The molecule has 15 heteroatoms. The second-order valence-corrected chi connectivity index (χ2v) is 29.7. The maximum Gasteiger partial charge on any atom is 0.485 e. The standard InChI is InChI=1S/C9H24Cl3F3O4Si5/c1-20(2,9(13,14)15)16-21(3,4)17-22(5,6)18-23(7,8)19-24(10,11)12/h1-8H3. The minimum atomic E-state index is -4.37. The van der Waals surface area contributed by atoms with Gasteiger partial charge in [0.25, 0.3) is 8.32 Å². The molecule has 0 fully saturated rings. The van der Waals surface area contributed by atoms with E-state index < -0.39 is 46.0 Å². The van der Waals surface area contributed by atoms with Crippen LogP contribution in [0.25, 0.3) is 0 Å². The lowest BCUT2D eigenvalue weighted by atomic mass is 11.5. The SMILES string of the molecule is C[Si](C)(O[Si](Cl)(Cl)Cl)O[Si](C)(C)O[Si](C)(C)O[Si](C)(C)C(F)(F)F. The van der Waals surface area contributed by atoms with E-state index in [0.717, 1.165) is 13.1 Å². The van der Waals surface area contributed by atoms with Gasteiger partial charge in [-0.05, 0) is 52.4 Å². The predicted octanol–water partition coefficient (Wildman–Crippen LogP) is 5.62. The first-order chi connectivity index (χ1) is 10.1. The Balaban J connectivity index is 5.08. The highest BCUT2D eigenvalue weighted by molar-refractivity contribution is 7.62. The molecule has 0 radical (unpaired) electrons. The molecule has 0 N–H and O–H groups in total. The second-order valence-electron chi connectivity index (χ2n) is 7.06. The molecule has 0 spiro atoms. The van der Waals surface area contributed by atoms with Gasteiger partial charge in [0.15, 0.2) is 0 Å². The van der Waals surface area contributed by atoms with Crippen molar-refractivity contribution in [3.8, 4) is 0 Å². The summed E-state index contributed by atoms with van der Waals surface area (Å²) in [7, 11) is -12.7. The normalized spacial score (nSPS) is 15.8. The zero-order valence-corrected chi connectivity index (χ0v) is 22.2. The third kappa shape index (κ3) is 10.1. The quantitative estimate of drug-likeness (QED) is 0.321. The van der Waals surface area contributed by atoms with Crippen LogP contribution in [0, 0.1) is 0 Å². The Hall–Kier alpha value is 1.58. The van der Waals surface area contributed by atoms with Crippen molar-refractivity contribution in [2.45, 2.75) is 58.2 Å².